The van der Waals surface area contributed by atoms with Crippen LogP contribution in [-0.4, -0.2) is 41.8 Å². The number of rotatable bonds is 7. The Labute approximate surface area is 205 Å². The third-order valence-corrected chi connectivity index (χ3v) is 7.92. The zero-order valence-corrected chi connectivity index (χ0v) is 19.7. The molecule has 3 N–H and O–H groups in total. The van der Waals surface area contributed by atoms with Crippen molar-refractivity contribution in [3.05, 3.63) is 59.7 Å². The molecule has 0 saturated heterocycles. The summed E-state index contributed by atoms with van der Waals surface area (Å²) >= 11 is 0. The van der Waals surface area contributed by atoms with Crippen LogP contribution in [0.1, 0.15) is 62.0 Å². The normalized spacial score (nSPS) is 25.0. The van der Waals surface area contributed by atoms with E-state index >= 15 is 0 Å². The fourth-order valence-corrected chi connectivity index (χ4v) is 6.22. The van der Waals surface area contributed by atoms with Crippen LogP contribution in [-0.2, 0) is 14.3 Å². The maximum Gasteiger partial charge on any atom is 0.407 e. The number of amides is 2. The average molecular weight is 477 g/mol. The van der Waals surface area contributed by atoms with Crippen molar-refractivity contribution >= 4 is 18.0 Å². The zero-order chi connectivity index (χ0) is 24.4. The van der Waals surface area contributed by atoms with Gasteiger partial charge >= 0.3 is 12.1 Å². The van der Waals surface area contributed by atoms with Gasteiger partial charge in [-0.1, -0.05) is 61.4 Å². The molecule has 2 saturated carbocycles. The highest BCUT2D eigenvalue weighted by atomic mass is 16.5. The second-order valence-electron chi connectivity index (χ2n) is 10.0. The first-order valence-electron chi connectivity index (χ1n) is 12.6. The van der Waals surface area contributed by atoms with Crippen molar-refractivity contribution in [1.82, 2.24) is 10.6 Å². The fraction of sp³-hybridized carbons (Fsp3) is 0.464. The van der Waals surface area contributed by atoms with Crippen LogP contribution in [0.25, 0.3) is 11.1 Å². The third-order valence-electron chi connectivity index (χ3n) is 7.92. The molecule has 0 aliphatic heterocycles. The van der Waals surface area contributed by atoms with E-state index in [0.717, 1.165) is 43.2 Å². The Bertz CT molecular complexity index is 1070. The second kappa shape index (κ2) is 10.1. The molecule has 35 heavy (non-hydrogen) atoms. The number of carboxylic acid groups (broad SMARTS) is 1. The van der Waals surface area contributed by atoms with Crippen LogP contribution in [0.5, 0.6) is 0 Å². The van der Waals surface area contributed by atoms with Gasteiger partial charge in [0.1, 0.15) is 6.61 Å². The summed E-state index contributed by atoms with van der Waals surface area (Å²) in [4.78, 5) is 36.9. The summed E-state index contributed by atoms with van der Waals surface area (Å²) in [6.07, 6.45) is 4.43. The van der Waals surface area contributed by atoms with E-state index in [2.05, 4.69) is 34.9 Å². The van der Waals surface area contributed by atoms with Gasteiger partial charge < -0.3 is 20.5 Å². The first-order chi connectivity index (χ1) is 17.0. The first-order valence-corrected chi connectivity index (χ1v) is 12.6. The molecule has 4 unspecified atom stereocenters. The highest BCUT2D eigenvalue weighted by molar-refractivity contribution is 5.81. The van der Waals surface area contributed by atoms with Gasteiger partial charge in [0.2, 0.25) is 5.91 Å². The van der Waals surface area contributed by atoms with E-state index in [4.69, 9.17) is 9.84 Å². The summed E-state index contributed by atoms with van der Waals surface area (Å²) in [6.45, 7) is 0.238. The molecule has 0 radical (unpaired) electrons. The summed E-state index contributed by atoms with van der Waals surface area (Å²) in [5.41, 5.74) is 4.68. The molecule has 0 heterocycles. The number of carbonyl (C=O) groups excluding carboxylic acids is 2. The number of benzene rings is 2. The molecular formula is C28H32N2O5. The molecule has 7 nitrogen and oxygen atoms in total. The molecule has 2 amide bonds. The van der Waals surface area contributed by atoms with Gasteiger partial charge in [-0.15, -0.1) is 0 Å². The minimum atomic E-state index is -0.827. The molecule has 184 valence electrons. The van der Waals surface area contributed by atoms with Crippen molar-refractivity contribution in [1.29, 1.82) is 0 Å². The molecular weight excluding hydrogens is 444 g/mol. The van der Waals surface area contributed by atoms with Crippen molar-refractivity contribution < 1.29 is 24.2 Å². The minimum Gasteiger partial charge on any atom is -0.481 e. The van der Waals surface area contributed by atoms with Gasteiger partial charge in [0, 0.05) is 18.0 Å². The largest absolute Gasteiger partial charge is 0.481 e. The van der Waals surface area contributed by atoms with E-state index in [-0.39, 0.29) is 48.8 Å². The van der Waals surface area contributed by atoms with Crippen LogP contribution in [0.4, 0.5) is 4.79 Å². The number of aliphatic carboxylic acids is 1. The topological polar surface area (TPSA) is 105 Å². The molecule has 4 atom stereocenters. The van der Waals surface area contributed by atoms with Crippen LogP contribution in [0, 0.1) is 11.8 Å². The lowest BCUT2D eigenvalue weighted by Crippen LogP contribution is -2.47. The molecule has 0 bridgehead atoms. The summed E-state index contributed by atoms with van der Waals surface area (Å²) in [7, 11) is 0. The number of nitrogens with one attached hydrogen (secondary N) is 2. The highest BCUT2D eigenvalue weighted by Gasteiger charge is 2.38. The Hall–Kier alpha value is -3.35. The van der Waals surface area contributed by atoms with Crippen LogP contribution in [0.15, 0.2) is 48.5 Å². The van der Waals surface area contributed by atoms with E-state index in [9.17, 15) is 14.4 Å². The first kappa shape index (κ1) is 23.4. The van der Waals surface area contributed by atoms with Gasteiger partial charge in [0.25, 0.3) is 0 Å². The zero-order valence-electron chi connectivity index (χ0n) is 19.7. The molecule has 2 fully saturated rings. The van der Waals surface area contributed by atoms with Crippen molar-refractivity contribution in [2.24, 2.45) is 11.8 Å². The molecule has 2 aromatic rings. The Morgan fingerprint density at radius 1 is 0.829 bits per heavy atom. The standard InChI is InChI=1S/C28H32N2O5/c31-26(32)15-17-7-5-13-24(17)29-27(33)22-12-6-14-25(22)30-28(34)35-16-23-20-10-3-1-8-18(20)19-9-2-4-11-21(19)23/h1-4,8-11,17,22-25H,5-7,12-16H2,(H,29,33)(H,30,34)(H,31,32). The minimum absolute atomic E-state index is 0.00985. The molecule has 3 aliphatic rings. The predicted octanol–water partition coefficient (Wildman–Crippen LogP) is 4.45. The van der Waals surface area contributed by atoms with Gasteiger partial charge in [-0.2, -0.15) is 0 Å². The lowest BCUT2D eigenvalue weighted by Gasteiger charge is -2.25. The maximum absolute atomic E-state index is 13.0. The molecule has 0 spiro atoms. The fourth-order valence-electron chi connectivity index (χ4n) is 6.22. The van der Waals surface area contributed by atoms with Crippen LogP contribution in [0.3, 0.4) is 0 Å². The smallest absolute Gasteiger partial charge is 0.407 e. The van der Waals surface area contributed by atoms with Gasteiger partial charge in [-0.05, 0) is 53.9 Å². The Kier molecular flexibility index (Phi) is 6.75. The van der Waals surface area contributed by atoms with E-state index < -0.39 is 12.1 Å². The van der Waals surface area contributed by atoms with Crippen molar-refractivity contribution in [3.63, 3.8) is 0 Å². The van der Waals surface area contributed by atoms with E-state index in [1.54, 1.807) is 0 Å². The number of hydrogen-bond donors (Lipinski definition) is 3. The summed E-state index contributed by atoms with van der Waals surface area (Å²) in [5, 5.41) is 15.2. The monoisotopic (exact) mass is 476 g/mol. The number of ether oxygens (including phenoxy) is 1. The summed E-state index contributed by atoms with van der Waals surface area (Å²) < 4.78 is 5.68. The second-order valence-corrected chi connectivity index (χ2v) is 10.0. The average Bonchev–Trinajstić information content (AvgIpc) is 3.56. The van der Waals surface area contributed by atoms with Gasteiger partial charge in [-0.3, -0.25) is 9.59 Å². The predicted molar refractivity (Wildman–Crippen MR) is 131 cm³/mol. The Morgan fingerprint density at radius 2 is 1.46 bits per heavy atom. The highest BCUT2D eigenvalue weighted by Crippen LogP contribution is 2.44. The molecule has 3 aliphatic carbocycles. The SMILES string of the molecule is O=C(O)CC1CCCC1NC(=O)C1CCCC1NC(=O)OCC1c2ccccc2-c2ccccc21. The lowest BCUT2D eigenvalue weighted by atomic mass is 9.97. The maximum atomic E-state index is 13.0. The molecule has 0 aromatic heterocycles. The van der Waals surface area contributed by atoms with E-state index in [0.29, 0.717) is 6.42 Å². The number of hydrogen-bond acceptors (Lipinski definition) is 4. The third kappa shape index (κ3) is 4.90. The summed E-state index contributed by atoms with van der Waals surface area (Å²) in [6, 6.07) is 16.0. The number of carboxylic acids is 1. The van der Waals surface area contributed by atoms with Gasteiger partial charge in [0.15, 0.2) is 0 Å². The Morgan fingerprint density at radius 3 is 2.14 bits per heavy atom. The van der Waals surface area contributed by atoms with E-state index in [1.165, 1.54) is 11.1 Å². The summed E-state index contributed by atoms with van der Waals surface area (Å²) in [5.74, 6) is -1.27. The quantitative estimate of drug-likeness (QED) is 0.548. The number of alkyl carbamates (subject to hydrolysis) is 1. The van der Waals surface area contributed by atoms with Gasteiger partial charge in [-0.25, -0.2) is 4.79 Å². The Balaban J connectivity index is 1.17. The lowest BCUT2D eigenvalue weighted by molar-refractivity contribution is -0.138. The molecule has 7 heteroatoms. The molecule has 5 rings (SSSR count). The molecule has 2 aromatic carbocycles. The number of carbonyl (C=O) groups is 3. The van der Waals surface area contributed by atoms with Crippen molar-refractivity contribution in [3.8, 4) is 11.1 Å². The van der Waals surface area contributed by atoms with Crippen molar-refractivity contribution in [2.75, 3.05) is 6.61 Å². The van der Waals surface area contributed by atoms with Crippen LogP contribution in [0.2, 0.25) is 0 Å². The number of fused-ring (bicyclic) bond motifs is 3. The van der Waals surface area contributed by atoms with Crippen LogP contribution >= 0.6 is 0 Å². The van der Waals surface area contributed by atoms with Crippen molar-refractivity contribution in [2.45, 2.75) is 62.9 Å². The van der Waals surface area contributed by atoms with Gasteiger partial charge in [0.05, 0.1) is 12.3 Å². The van der Waals surface area contributed by atoms with Crippen LogP contribution < -0.4 is 10.6 Å². The van der Waals surface area contributed by atoms with E-state index in [1.807, 2.05) is 24.3 Å².